The smallest absolute Gasteiger partial charge is 0.255 e. The Morgan fingerprint density at radius 1 is 1.59 bits per heavy atom. The van der Waals surface area contributed by atoms with Crippen LogP contribution in [-0.4, -0.2) is 28.8 Å². The molecule has 0 spiro atoms. The molecule has 1 saturated heterocycles. The van der Waals surface area contributed by atoms with Gasteiger partial charge in [0.25, 0.3) is 5.91 Å². The lowest BCUT2D eigenvalue weighted by Crippen LogP contribution is -2.26. The molecule has 1 atom stereocenters. The number of aromatic nitrogens is 2. The molecule has 94 valence electrons. The van der Waals surface area contributed by atoms with Gasteiger partial charge in [-0.2, -0.15) is 0 Å². The lowest BCUT2D eigenvalue weighted by Gasteiger charge is -2.07. The summed E-state index contributed by atoms with van der Waals surface area (Å²) in [6.45, 7) is 4.94. The van der Waals surface area contributed by atoms with Gasteiger partial charge >= 0.3 is 0 Å². The van der Waals surface area contributed by atoms with Gasteiger partial charge in [-0.15, -0.1) is 10.2 Å². The average Bonchev–Trinajstić information content (AvgIpc) is 2.87. The summed E-state index contributed by atoms with van der Waals surface area (Å²) >= 11 is 1.44. The Labute approximate surface area is 105 Å². The van der Waals surface area contributed by atoms with Crippen molar-refractivity contribution in [2.75, 3.05) is 11.9 Å². The molecule has 1 fully saturated rings. The largest absolute Gasteiger partial charge is 0.368 e. The minimum Gasteiger partial charge on any atom is -0.368 e. The van der Waals surface area contributed by atoms with Crippen LogP contribution in [0.3, 0.4) is 0 Å². The number of ether oxygens (including phenoxy) is 1. The summed E-state index contributed by atoms with van der Waals surface area (Å²) in [5.74, 6) is 0.444. The standard InChI is InChI=1S/C11H17N3O2S/c1-7(2)6-9-13-14-11(17-9)12-10(15)8-4-3-5-16-8/h7-8H,3-6H2,1-2H3,(H,12,14,15)/t8-/m0/s1. The normalized spacial score (nSPS) is 19.8. The molecule has 1 amide bonds. The molecule has 6 heteroatoms. The van der Waals surface area contributed by atoms with Crippen LogP contribution in [-0.2, 0) is 16.0 Å². The van der Waals surface area contributed by atoms with Crippen molar-refractivity contribution >= 4 is 22.4 Å². The fourth-order valence-corrected chi connectivity index (χ4v) is 2.66. The molecule has 1 N–H and O–H groups in total. The first-order valence-corrected chi connectivity index (χ1v) is 6.71. The van der Waals surface area contributed by atoms with E-state index < -0.39 is 0 Å². The van der Waals surface area contributed by atoms with Gasteiger partial charge in [0.15, 0.2) is 0 Å². The fraction of sp³-hybridized carbons (Fsp3) is 0.727. The maximum atomic E-state index is 11.7. The van der Waals surface area contributed by atoms with Crippen LogP contribution in [0.1, 0.15) is 31.7 Å². The van der Waals surface area contributed by atoms with Crippen molar-refractivity contribution < 1.29 is 9.53 Å². The molecule has 1 aromatic rings. The second-order valence-corrected chi connectivity index (χ2v) is 5.65. The van der Waals surface area contributed by atoms with Crippen molar-refractivity contribution in [3.05, 3.63) is 5.01 Å². The van der Waals surface area contributed by atoms with Gasteiger partial charge in [-0.3, -0.25) is 10.1 Å². The fourth-order valence-electron chi connectivity index (χ4n) is 1.71. The minimum absolute atomic E-state index is 0.102. The lowest BCUT2D eigenvalue weighted by atomic mass is 10.1. The zero-order valence-electron chi connectivity index (χ0n) is 10.1. The number of hydrogen-bond acceptors (Lipinski definition) is 5. The lowest BCUT2D eigenvalue weighted by molar-refractivity contribution is -0.124. The first kappa shape index (κ1) is 12.4. The van der Waals surface area contributed by atoms with E-state index in [1.807, 2.05) is 0 Å². The van der Waals surface area contributed by atoms with Crippen molar-refractivity contribution in [3.63, 3.8) is 0 Å². The quantitative estimate of drug-likeness (QED) is 0.892. The second-order valence-electron chi connectivity index (χ2n) is 4.59. The van der Waals surface area contributed by atoms with Crippen LogP contribution in [0.15, 0.2) is 0 Å². The molecular formula is C11H17N3O2S. The van der Waals surface area contributed by atoms with E-state index in [2.05, 4.69) is 29.4 Å². The molecule has 5 nitrogen and oxygen atoms in total. The second kappa shape index (κ2) is 5.55. The van der Waals surface area contributed by atoms with E-state index in [1.165, 1.54) is 11.3 Å². The van der Waals surface area contributed by atoms with Crippen LogP contribution in [0.5, 0.6) is 0 Å². The van der Waals surface area contributed by atoms with Crippen LogP contribution < -0.4 is 5.32 Å². The summed E-state index contributed by atoms with van der Waals surface area (Å²) < 4.78 is 5.30. The zero-order chi connectivity index (χ0) is 12.3. The van der Waals surface area contributed by atoms with Gasteiger partial charge in [-0.25, -0.2) is 0 Å². The Morgan fingerprint density at radius 3 is 3.06 bits per heavy atom. The van der Waals surface area contributed by atoms with E-state index in [4.69, 9.17) is 4.74 Å². The number of hydrogen-bond donors (Lipinski definition) is 1. The minimum atomic E-state index is -0.313. The highest BCUT2D eigenvalue weighted by molar-refractivity contribution is 7.15. The predicted octanol–water partition coefficient (Wildman–Crippen LogP) is 1.85. The Bertz CT molecular complexity index is 386. The molecule has 0 unspecified atom stereocenters. The summed E-state index contributed by atoms with van der Waals surface area (Å²) in [5, 5.41) is 12.3. The molecular weight excluding hydrogens is 238 g/mol. The Hall–Kier alpha value is -1.01. The molecule has 1 aliphatic rings. The monoisotopic (exact) mass is 255 g/mol. The summed E-state index contributed by atoms with van der Waals surface area (Å²) in [5.41, 5.74) is 0. The van der Waals surface area contributed by atoms with E-state index in [-0.39, 0.29) is 12.0 Å². The predicted molar refractivity (Wildman–Crippen MR) is 66.1 cm³/mol. The maximum absolute atomic E-state index is 11.7. The SMILES string of the molecule is CC(C)Cc1nnc(NC(=O)[C@@H]2CCCO2)s1. The number of anilines is 1. The van der Waals surface area contributed by atoms with E-state index in [9.17, 15) is 4.79 Å². The molecule has 0 saturated carbocycles. The van der Waals surface area contributed by atoms with Gasteiger partial charge < -0.3 is 4.74 Å². The number of carbonyl (C=O) groups excluding carboxylic acids is 1. The molecule has 1 aliphatic heterocycles. The highest BCUT2D eigenvalue weighted by Gasteiger charge is 2.24. The van der Waals surface area contributed by atoms with Crippen molar-refractivity contribution in [1.29, 1.82) is 0 Å². The molecule has 1 aromatic heterocycles. The number of amides is 1. The molecule has 0 aliphatic carbocycles. The van der Waals surface area contributed by atoms with Crippen molar-refractivity contribution in [1.82, 2.24) is 10.2 Å². The van der Waals surface area contributed by atoms with Crippen molar-refractivity contribution in [2.45, 2.75) is 39.2 Å². The highest BCUT2D eigenvalue weighted by Crippen LogP contribution is 2.20. The number of nitrogens with zero attached hydrogens (tertiary/aromatic N) is 2. The van der Waals surface area contributed by atoms with E-state index >= 15 is 0 Å². The molecule has 0 radical (unpaired) electrons. The van der Waals surface area contributed by atoms with Crippen LogP contribution >= 0.6 is 11.3 Å². The molecule has 2 rings (SSSR count). The van der Waals surface area contributed by atoms with Gasteiger partial charge in [0.2, 0.25) is 5.13 Å². The van der Waals surface area contributed by atoms with Gasteiger partial charge in [0, 0.05) is 13.0 Å². The zero-order valence-corrected chi connectivity index (χ0v) is 10.9. The third-order valence-electron chi connectivity index (χ3n) is 2.50. The summed E-state index contributed by atoms with van der Waals surface area (Å²) in [6.07, 6.45) is 2.33. The molecule has 0 aromatic carbocycles. The summed E-state index contributed by atoms with van der Waals surface area (Å²) in [6, 6.07) is 0. The number of carbonyl (C=O) groups is 1. The summed E-state index contributed by atoms with van der Waals surface area (Å²) in [4.78, 5) is 11.7. The molecule has 2 heterocycles. The Balaban J connectivity index is 1.89. The van der Waals surface area contributed by atoms with Gasteiger partial charge in [0.1, 0.15) is 11.1 Å². The molecule has 0 bridgehead atoms. The van der Waals surface area contributed by atoms with Crippen molar-refractivity contribution in [3.8, 4) is 0 Å². The molecule has 17 heavy (non-hydrogen) atoms. The highest BCUT2D eigenvalue weighted by atomic mass is 32.1. The van der Waals surface area contributed by atoms with Crippen LogP contribution in [0.25, 0.3) is 0 Å². The van der Waals surface area contributed by atoms with E-state index in [0.29, 0.717) is 17.7 Å². The van der Waals surface area contributed by atoms with Gasteiger partial charge in [-0.1, -0.05) is 25.2 Å². The van der Waals surface area contributed by atoms with E-state index in [0.717, 1.165) is 24.3 Å². The topological polar surface area (TPSA) is 64.1 Å². The van der Waals surface area contributed by atoms with Gasteiger partial charge in [-0.05, 0) is 18.8 Å². The van der Waals surface area contributed by atoms with Crippen molar-refractivity contribution in [2.24, 2.45) is 5.92 Å². The number of nitrogens with one attached hydrogen (secondary N) is 1. The summed E-state index contributed by atoms with van der Waals surface area (Å²) in [7, 11) is 0. The third kappa shape index (κ3) is 3.47. The Kier molecular flexibility index (Phi) is 4.06. The average molecular weight is 255 g/mol. The van der Waals surface area contributed by atoms with Crippen LogP contribution in [0.4, 0.5) is 5.13 Å². The first-order valence-electron chi connectivity index (χ1n) is 5.90. The van der Waals surface area contributed by atoms with Gasteiger partial charge in [0.05, 0.1) is 0 Å². The Morgan fingerprint density at radius 2 is 2.41 bits per heavy atom. The van der Waals surface area contributed by atoms with E-state index in [1.54, 1.807) is 0 Å². The third-order valence-corrected chi connectivity index (χ3v) is 3.36. The van der Waals surface area contributed by atoms with Crippen LogP contribution in [0, 0.1) is 5.92 Å². The first-order chi connectivity index (χ1) is 8.15. The van der Waals surface area contributed by atoms with Crippen LogP contribution in [0.2, 0.25) is 0 Å². The number of rotatable bonds is 4. The maximum Gasteiger partial charge on any atom is 0.255 e.